The molecule has 0 aliphatic carbocycles. The topological polar surface area (TPSA) is 86.8 Å². The maximum atomic E-state index is 13.0. The molecule has 2 aliphatic heterocycles. The van der Waals surface area contributed by atoms with Crippen molar-refractivity contribution in [3.63, 3.8) is 0 Å². The average molecular weight is 476 g/mol. The first-order valence-corrected chi connectivity index (χ1v) is 12.6. The van der Waals surface area contributed by atoms with Gasteiger partial charge >= 0.3 is 0 Å². The molecule has 0 aromatic heterocycles. The summed E-state index contributed by atoms with van der Waals surface area (Å²) in [6, 6.07) is 9.36. The normalized spacial score (nSPS) is 17.0. The minimum absolute atomic E-state index is 0.0450. The van der Waals surface area contributed by atoms with Gasteiger partial charge in [0.15, 0.2) is 0 Å². The summed E-state index contributed by atoms with van der Waals surface area (Å²) in [5, 5.41) is 2.96. The van der Waals surface area contributed by atoms with E-state index in [1.165, 1.54) is 22.5 Å². The van der Waals surface area contributed by atoms with Crippen molar-refractivity contribution in [1.29, 1.82) is 0 Å². The molecule has 7 nitrogen and oxygen atoms in total. The van der Waals surface area contributed by atoms with Crippen molar-refractivity contribution in [3.05, 3.63) is 58.1 Å². The number of benzene rings is 2. The number of anilines is 1. The Balaban J connectivity index is 1.59. The largest absolute Gasteiger partial charge is 0.339 e. The molecule has 0 unspecified atom stereocenters. The summed E-state index contributed by atoms with van der Waals surface area (Å²) in [4.78, 5) is 27.7. The summed E-state index contributed by atoms with van der Waals surface area (Å²) in [5.41, 5.74) is 1.77. The molecule has 0 radical (unpaired) electrons. The number of nitrogens with one attached hydrogen (secondary N) is 1. The van der Waals surface area contributed by atoms with E-state index in [1.54, 1.807) is 25.1 Å². The highest BCUT2D eigenvalue weighted by Gasteiger charge is 2.28. The summed E-state index contributed by atoms with van der Waals surface area (Å²) in [6.07, 6.45) is 3.64. The first-order chi connectivity index (χ1) is 15.3. The van der Waals surface area contributed by atoms with Gasteiger partial charge in [0.25, 0.3) is 11.8 Å². The van der Waals surface area contributed by atoms with Gasteiger partial charge in [0.05, 0.1) is 15.5 Å². The lowest BCUT2D eigenvalue weighted by atomic mass is 10.0. The first-order valence-electron chi connectivity index (χ1n) is 10.8. The molecular formula is C23H26ClN3O4S. The van der Waals surface area contributed by atoms with Crippen molar-refractivity contribution < 1.29 is 18.0 Å². The fourth-order valence-corrected chi connectivity index (χ4v) is 5.95. The quantitative estimate of drug-likeness (QED) is 0.710. The van der Waals surface area contributed by atoms with Crippen LogP contribution in [0.2, 0.25) is 5.02 Å². The van der Waals surface area contributed by atoms with E-state index in [0.717, 1.165) is 38.8 Å². The maximum absolute atomic E-state index is 13.0. The Labute approximate surface area is 193 Å². The lowest BCUT2D eigenvalue weighted by Gasteiger charge is -2.19. The van der Waals surface area contributed by atoms with Gasteiger partial charge in [0, 0.05) is 37.4 Å². The molecule has 2 heterocycles. The van der Waals surface area contributed by atoms with Crippen molar-refractivity contribution in [2.24, 2.45) is 0 Å². The summed E-state index contributed by atoms with van der Waals surface area (Å²) in [7, 11) is -3.68. The van der Waals surface area contributed by atoms with Gasteiger partial charge in [-0.3, -0.25) is 9.59 Å². The van der Waals surface area contributed by atoms with Gasteiger partial charge < -0.3 is 10.2 Å². The van der Waals surface area contributed by atoms with Crippen LogP contribution < -0.4 is 5.32 Å². The Bertz CT molecular complexity index is 1150. The van der Waals surface area contributed by atoms with Crippen molar-refractivity contribution in [2.75, 3.05) is 31.5 Å². The van der Waals surface area contributed by atoms with Crippen molar-refractivity contribution in [3.8, 4) is 0 Å². The Hall–Kier alpha value is -2.42. The molecule has 2 saturated heterocycles. The smallest absolute Gasteiger partial charge is 0.257 e. The van der Waals surface area contributed by atoms with E-state index in [4.69, 9.17) is 11.6 Å². The van der Waals surface area contributed by atoms with Crippen molar-refractivity contribution >= 4 is 39.1 Å². The van der Waals surface area contributed by atoms with E-state index in [1.807, 2.05) is 4.90 Å². The third-order valence-corrected chi connectivity index (χ3v) is 8.32. The van der Waals surface area contributed by atoms with Gasteiger partial charge in [0.2, 0.25) is 10.0 Å². The van der Waals surface area contributed by atoms with Crippen LogP contribution in [0.5, 0.6) is 0 Å². The Morgan fingerprint density at radius 2 is 1.59 bits per heavy atom. The molecule has 170 valence electrons. The van der Waals surface area contributed by atoms with E-state index < -0.39 is 15.9 Å². The molecule has 0 saturated carbocycles. The van der Waals surface area contributed by atoms with Gasteiger partial charge in [-0.2, -0.15) is 4.31 Å². The molecule has 9 heteroatoms. The fourth-order valence-electron chi connectivity index (χ4n) is 4.20. The highest BCUT2D eigenvalue weighted by molar-refractivity contribution is 7.89. The summed E-state index contributed by atoms with van der Waals surface area (Å²) >= 11 is 6.24. The van der Waals surface area contributed by atoms with Crippen molar-refractivity contribution in [2.45, 2.75) is 37.5 Å². The van der Waals surface area contributed by atoms with Crippen LogP contribution in [0.25, 0.3) is 0 Å². The molecule has 0 atom stereocenters. The van der Waals surface area contributed by atoms with Gasteiger partial charge in [-0.15, -0.1) is 0 Å². The number of carbonyl (C=O) groups excluding carboxylic acids is 2. The highest BCUT2D eigenvalue weighted by Crippen LogP contribution is 2.27. The molecule has 32 heavy (non-hydrogen) atoms. The number of hydrogen-bond acceptors (Lipinski definition) is 4. The molecule has 4 rings (SSSR count). The standard InChI is InChI=1S/C23H26ClN3O4S/c1-16-18(23(29)26-11-2-3-12-26)7-6-8-21(16)25-22(28)19-15-17(9-10-20(19)24)32(30,31)27-13-4-5-14-27/h6-10,15H,2-5,11-14H2,1H3,(H,25,28). The Kier molecular flexibility index (Phi) is 6.55. The minimum Gasteiger partial charge on any atom is -0.339 e. The number of halogens is 1. The predicted octanol–water partition coefficient (Wildman–Crippen LogP) is 3.92. The van der Waals surface area contributed by atoms with E-state index in [-0.39, 0.29) is 21.4 Å². The van der Waals surface area contributed by atoms with E-state index in [0.29, 0.717) is 29.9 Å². The molecule has 2 aromatic rings. The molecule has 1 N–H and O–H groups in total. The summed E-state index contributed by atoms with van der Waals surface area (Å²) in [6.45, 7) is 4.22. The second-order valence-corrected chi connectivity index (χ2v) is 10.5. The molecule has 2 fully saturated rings. The lowest BCUT2D eigenvalue weighted by Crippen LogP contribution is -2.28. The van der Waals surface area contributed by atoms with E-state index in [2.05, 4.69) is 5.32 Å². The zero-order valence-electron chi connectivity index (χ0n) is 17.9. The Morgan fingerprint density at radius 1 is 0.938 bits per heavy atom. The van der Waals surface area contributed by atoms with Gasteiger partial charge in [-0.1, -0.05) is 17.7 Å². The van der Waals surface area contributed by atoms with E-state index in [9.17, 15) is 18.0 Å². The zero-order valence-corrected chi connectivity index (χ0v) is 19.5. The number of sulfonamides is 1. The van der Waals surface area contributed by atoms with Crippen LogP contribution in [0.3, 0.4) is 0 Å². The monoisotopic (exact) mass is 475 g/mol. The number of amides is 2. The van der Waals surface area contributed by atoms with Crippen LogP contribution in [0, 0.1) is 6.92 Å². The number of carbonyl (C=O) groups is 2. The van der Waals surface area contributed by atoms with Gasteiger partial charge in [0.1, 0.15) is 0 Å². The second kappa shape index (κ2) is 9.21. The molecular weight excluding hydrogens is 450 g/mol. The number of nitrogens with zero attached hydrogens (tertiary/aromatic N) is 2. The van der Waals surface area contributed by atoms with Crippen molar-refractivity contribution in [1.82, 2.24) is 9.21 Å². The molecule has 0 bridgehead atoms. The summed E-state index contributed by atoms with van der Waals surface area (Å²) in [5.74, 6) is -0.574. The van der Waals surface area contributed by atoms with Crippen LogP contribution >= 0.6 is 11.6 Å². The van der Waals surface area contributed by atoms with Crippen LogP contribution in [-0.2, 0) is 10.0 Å². The maximum Gasteiger partial charge on any atom is 0.257 e. The predicted molar refractivity (Wildman–Crippen MR) is 124 cm³/mol. The molecule has 0 spiro atoms. The number of likely N-dealkylation sites (tertiary alicyclic amines) is 1. The van der Waals surface area contributed by atoms with Crippen LogP contribution in [0.4, 0.5) is 5.69 Å². The zero-order chi connectivity index (χ0) is 22.9. The van der Waals surface area contributed by atoms with Crippen LogP contribution in [-0.4, -0.2) is 55.6 Å². The van der Waals surface area contributed by atoms with Gasteiger partial charge in [-0.05, 0) is 68.5 Å². The SMILES string of the molecule is Cc1c(NC(=O)c2cc(S(=O)(=O)N3CCCC3)ccc2Cl)cccc1C(=O)N1CCCC1. The molecule has 2 aliphatic rings. The Morgan fingerprint density at radius 3 is 2.28 bits per heavy atom. The minimum atomic E-state index is -3.68. The third kappa shape index (κ3) is 4.40. The molecule has 2 aromatic carbocycles. The number of hydrogen-bond donors (Lipinski definition) is 1. The lowest BCUT2D eigenvalue weighted by molar-refractivity contribution is 0.0791. The van der Waals surface area contributed by atoms with Crippen LogP contribution in [0.15, 0.2) is 41.3 Å². The first kappa shape index (κ1) is 22.8. The second-order valence-electron chi connectivity index (χ2n) is 8.18. The van der Waals surface area contributed by atoms with Crippen LogP contribution in [0.1, 0.15) is 52.0 Å². The van der Waals surface area contributed by atoms with Gasteiger partial charge in [-0.25, -0.2) is 8.42 Å². The fraction of sp³-hybridized carbons (Fsp3) is 0.391. The van der Waals surface area contributed by atoms with E-state index >= 15 is 0 Å². The highest BCUT2D eigenvalue weighted by atomic mass is 35.5. The summed E-state index contributed by atoms with van der Waals surface area (Å²) < 4.78 is 27.2. The third-order valence-electron chi connectivity index (χ3n) is 6.09. The molecule has 2 amide bonds. The number of rotatable bonds is 5. The average Bonchev–Trinajstić information content (AvgIpc) is 3.49.